The summed E-state index contributed by atoms with van der Waals surface area (Å²) in [5, 5.41) is 7.89. The number of rotatable bonds is 12. The molecule has 3 aromatic heterocycles. The Morgan fingerprint density at radius 1 is 0.302 bits per heavy atom. The Kier molecular flexibility index (Phi) is 9.99. The zero-order valence-electron chi connectivity index (χ0n) is 37.1. The van der Waals surface area contributed by atoms with E-state index < -0.39 is 0 Å². The van der Waals surface area contributed by atoms with Crippen molar-refractivity contribution < 1.29 is 0 Å². The van der Waals surface area contributed by atoms with E-state index in [1.807, 2.05) is 0 Å². The molecule has 0 spiro atoms. The molecular formula is C60H55N3. The van der Waals surface area contributed by atoms with Gasteiger partial charge in [-0.05, 0) is 167 Å². The summed E-state index contributed by atoms with van der Waals surface area (Å²) in [6, 6.07) is 60.3. The molecule has 0 aliphatic carbocycles. The predicted molar refractivity (Wildman–Crippen MR) is 271 cm³/mol. The van der Waals surface area contributed by atoms with Gasteiger partial charge in [0, 0.05) is 54.7 Å². The number of fused-ring (bicyclic) bond motifs is 9. The van der Waals surface area contributed by atoms with E-state index in [-0.39, 0.29) is 0 Å². The van der Waals surface area contributed by atoms with Crippen LogP contribution in [0.25, 0.3) is 99.0 Å². The lowest BCUT2D eigenvalue weighted by molar-refractivity contribution is 0.923. The fraction of sp³-hybridized carbons (Fsp3) is 0.200. The third-order valence-corrected chi connectivity index (χ3v) is 13.5. The number of benzene rings is 8. The Morgan fingerprint density at radius 3 is 0.905 bits per heavy atom. The van der Waals surface area contributed by atoms with Gasteiger partial charge >= 0.3 is 0 Å². The van der Waals surface area contributed by atoms with Crippen molar-refractivity contribution in [3.63, 3.8) is 0 Å². The summed E-state index contributed by atoms with van der Waals surface area (Å²) in [4.78, 5) is 3.70. The van der Waals surface area contributed by atoms with E-state index in [9.17, 15) is 0 Å². The summed E-state index contributed by atoms with van der Waals surface area (Å²) < 4.78 is 4.90. The number of nitrogens with one attached hydrogen (secondary N) is 1. The summed E-state index contributed by atoms with van der Waals surface area (Å²) in [6.07, 6.45) is 9.01. The number of H-pyrrole nitrogens is 1. The lowest BCUT2D eigenvalue weighted by Gasteiger charge is -2.11. The number of hydrogen-bond donors (Lipinski definition) is 1. The van der Waals surface area contributed by atoms with Crippen molar-refractivity contribution in [2.45, 2.75) is 79.1 Å². The Bertz CT molecular complexity index is 3120. The topological polar surface area (TPSA) is 25.6 Å². The molecule has 1 N–H and O–H groups in total. The largest absolute Gasteiger partial charge is 0.355 e. The molecule has 3 nitrogen and oxygen atoms in total. The second-order valence-corrected chi connectivity index (χ2v) is 17.8. The zero-order chi connectivity index (χ0) is 42.6. The number of aromatic amines is 1. The van der Waals surface area contributed by atoms with Crippen LogP contribution in [0.15, 0.2) is 158 Å². The van der Waals surface area contributed by atoms with E-state index in [1.54, 1.807) is 0 Å². The Morgan fingerprint density at radius 2 is 0.603 bits per heavy atom. The molecule has 0 bridgehead atoms. The van der Waals surface area contributed by atoms with Gasteiger partial charge in [-0.2, -0.15) is 0 Å². The van der Waals surface area contributed by atoms with Crippen LogP contribution < -0.4 is 0 Å². The summed E-state index contributed by atoms with van der Waals surface area (Å²) in [5.74, 6) is 0. The maximum atomic E-state index is 3.70. The third-order valence-electron chi connectivity index (χ3n) is 13.5. The van der Waals surface area contributed by atoms with Gasteiger partial charge < -0.3 is 14.1 Å². The standard InChI is InChI=1S/C60H55N3/c1-5-9-39-13-29-57-51(33-39)52-34-40(10-6-2)14-30-58(52)62(57)47-23-17-43(18-24-47)45-21-27-55-49(37-45)50-38-46(22-28-56(50)61-55)44-19-25-48(26-20-44)63-59-31-15-41(11-7-3)35-53(59)54-36-42(12-8-4)16-32-60(54)63/h13-38,61H,5-12H2,1-4H3. The second-order valence-electron chi connectivity index (χ2n) is 17.8. The number of aryl methyl sites for hydroxylation is 4. The summed E-state index contributed by atoms with van der Waals surface area (Å²) in [7, 11) is 0. The number of nitrogens with zero attached hydrogens (tertiary/aromatic N) is 2. The Labute approximate surface area is 370 Å². The van der Waals surface area contributed by atoms with E-state index in [4.69, 9.17) is 0 Å². The van der Waals surface area contributed by atoms with Gasteiger partial charge in [-0.15, -0.1) is 0 Å². The van der Waals surface area contributed by atoms with Crippen molar-refractivity contribution in [1.29, 1.82) is 0 Å². The predicted octanol–water partition coefficient (Wildman–Crippen LogP) is 16.7. The molecular weight excluding hydrogens is 763 g/mol. The third kappa shape index (κ3) is 6.82. The van der Waals surface area contributed by atoms with E-state index in [2.05, 4.69) is 200 Å². The minimum Gasteiger partial charge on any atom is -0.355 e. The maximum Gasteiger partial charge on any atom is 0.0541 e. The van der Waals surface area contributed by atoms with Crippen LogP contribution in [0.4, 0.5) is 0 Å². The summed E-state index contributed by atoms with van der Waals surface area (Å²) >= 11 is 0. The van der Waals surface area contributed by atoms with Crippen molar-refractivity contribution in [2.24, 2.45) is 0 Å². The van der Waals surface area contributed by atoms with E-state index >= 15 is 0 Å². The first-order chi connectivity index (χ1) is 31.0. The Hall–Kier alpha value is -6.84. The van der Waals surface area contributed by atoms with E-state index in [0.29, 0.717) is 0 Å². The van der Waals surface area contributed by atoms with Crippen molar-refractivity contribution in [3.05, 3.63) is 180 Å². The fourth-order valence-corrected chi connectivity index (χ4v) is 10.4. The average molecular weight is 818 g/mol. The first kappa shape index (κ1) is 39.0. The minimum absolute atomic E-state index is 1.10. The Balaban J connectivity index is 0.929. The van der Waals surface area contributed by atoms with Gasteiger partial charge in [0.05, 0.1) is 22.1 Å². The molecule has 63 heavy (non-hydrogen) atoms. The highest BCUT2D eigenvalue weighted by molar-refractivity contribution is 6.12. The lowest BCUT2D eigenvalue weighted by Crippen LogP contribution is -1.94. The molecule has 0 saturated carbocycles. The second kappa shape index (κ2) is 16.1. The monoisotopic (exact) mass is 817 g/mol. The van der Waals surface area contributed by atoms with E-state index in [0.717, 1.165) is 62.4 Å². The molecule has 3 heteroatoms. The van der Waals surface area contributed by atoms with Gasteiger partial charge in [0.25, 0.3) is 0 Å². The van der Waals surface area contributed by atoms with Crippen LogP contribution >= 0.6 is 0 Å². The number of aromatic nitrogens is 3. The summed E-state index contributed by atoms with van der Waals surface area (Å²) in [5.41, 5.74) is 20.3. The summed E-state index contributed by atoms with van der Waals surface area (Å²) in [6.45, 7) is 9.05. The zero-order valence-corrected chi connectivity index (χ0v) is 37.1. The van der Waals surface area contributed by atoms with Crippen LogP contribution in [-0.2, 0) is 25.7 Å². The van der Waals surface area contributed by atoms with Gasteiger partial charge in [0.1, 0.15) is 0 Å². The van der Waals surface area contributed by atoms with Crippen molar-refractivity contribution >= 4 is 65.4 Å². The molecule has 0 aliphatic heterocycles. The highest BCUT2D eigenvalue weighted by Gasteiger charge is 2.17. The van der Waals surface area contributed by atoms with Crippen molar-refractivity contribution in [2.75, 3.05) is 0 Å². The van der Waals surface area contributed by atoms with Gasteiger partial charge in [-0.1, -0.05) is 114 Å². The molecule has 0 amide bonds. The molecule has 0 aliphatic rings. The normalized spacial score (nSPS) is 12.0. The average Bonchev–Trinajstić information content (AvgIpc) is 3.96. The molecule has 11 aromatic rings. The molecule has 3 heterocycles. The molecule has 0 fully saturated rings. The van der Waals surface area contributed by atoms with Crippen LogP contribution in [0.2, 0.25) is 0 Å². The van der Waals surface area contributed by atoms with Crippen molar-refractivity contribution in [1.82, 2.24) is 14.1 Å². The SMILES string of the molecule is CCCc1ccc2c(c1)c1cc(CCC)ccc1n2-c1ccc(-c2ccc3[nH]c4ccc(-c5ccc(-n6c7ccc(CCC)cc7c7cc(CCC)ccc76)cc5)cc4c3c2)cc1. The van der Waals surface area contributed by atoms with Crippen molar-refractivity contribution in [3.8, 4) is 33.6 Å². The van der Waals surface area contributed by atoms with Crippen LogP contribution in [0.3, 0.4) is 0 Å². The minimum atomic E-state index is 1.10. The fourth-order valence-electron chi connectivity index (χ4n) is 10.4. The first-order valence-electron chi connectivity index (χ1n) is 23.4. The van der Waals surface area contributed by atoms with Gasteiger partial charge in [-0.25, -0.2) is 0 Å². The highest BCUT2D eigenvalue weighted by atomic mass is 15.0. The smallest absolute Gasteiger partial charge is 0.0541 e. The lowest BCUT2D eigenvalue weighted by atomic mass is 10.00. The van der Waals surface area contributed by atoms with Gasteiger partial charge in [0.15, 0.2) is 0 Å². The van der Waals surface area contributed by atoms with Crippen LogP contribution in [-0.4, -0.2) is 14.1 Å². The highest BCUT2D eigenvalue weighted by Crippen LogP contribution is 2.38. The quantitative estimate of drug-likeness (QED) is 0.127. The van der Waals surface area contributed by atoms with Crippen LogP contribution in [0.1, 0.15) is 75.6 Å². The molecule has 11 rings (SSSR count). The molecule has 0 radical (unpaired) electrons. The van der Waals surface area contributed by atoms with Gasteiger partial charge in [0.2, 0.25) is 0 Å². The molecule has 8 aromatic carbocycles. The molecule has 310 valence electrons. The van der Waals surface area contributed by atoms with Crippen LogP contribution in [0, 0.1) is 0 Å². The molecule has 0 unspecified atom stereocenters. The van der Waals surface area contributed by atoms with Crippen LogP contribution in [0.5, 0.6) is 0 Å². The van der Waals surface area contributed by atoms with E-state index in [1.165, 1.54) is 110 Å². The molecule has 0 saturated heterocycles. The number of hydrogen-bond acceptors (Lipinski definition) is 0. The maximum absolute atomic E-state index is 3.70. The molecule has 0 atom stereocenters. The van der Waals surface area contributed by atoms with Gasteiger partial charge in [-0.3, -0.25) is 0 Å². The first-order valence-corrected chi connectivity index (χ1v) is 23.4.